The van der Waals surface area contributed by atoms with Crippen molar-refractivity contribution in [1.29, 1.82) is 0 Å². The Hall–Kier alpha value is -3.30. The smallest absolute Gasteiger partial charge is 0.344 e. The van der Waals surface area contributed by atoms with Crippen LogP contribution in [0.4, 0.5) is 0 Å². The fourth-order valence-electron chi connectivity index (χ4n) is 2.53. The van der Waals surface area contributed by atoms with Crippen molar-refractivity contribution in [2.24, 2.45) is 5.10 Å². The number of benzene rings is 3. The van der Waals surface area contributed by atoms with Gasteiger partial charge in [0.1, 0.15) is 5.75 Å². The molecule has 162 valence electrons. The summed E-state index contributed by atoms with van der Waals surface area (Å²) >= 11 is 6.61. The lowest BCUT2D eigenvalue weighted by Crippen LogP contribution is -2.35. The number of amides is 2. The zero-order valence-corrected chi connectivity index (χ0v) is 19.7. The molecule has 0 heterocycles. The van der Waals surface area contributed by atoms with E-state index < -0.39 is 11.9 Å². The summed E-state index contributed by atoms with van der Waals surface area (Å²) in [7, 11) is 0. The Balaban J connectivity index is 1.47. The standard InChI is InChI=1S/C23H17Br2N3O4/c24-19-7-3-1-5-17(19)22(30)26-14-21(29)28-27-13-15-9-11-16(12-10-15)32-23(31)18-6-2-4-8-20(18)25/h1-13H,14H2,(H,26,30)(H,28,29). The van der Waals surface area contributed by atoms with Crippen molar-refractivity contribution < 1.29 is 19.1 Å². The van der Waals surface area contributed by atoms with Crippen LogP contribution in [0.5, 0.6) is 5.75 Å². The van der Waals surface area contributed by atoms with Gasteiger partial charge in [-0.25, -0.2) is 10.2 Å². The first-order valence-electron chi connectivity index (χ1n) is 9.35. The Bertz CT molecular complexity index is 1160. The molecule has 3 aromatic rings. The van der Waals surface area contributed by atoms with Crippen LogP contribution in [0.3, 0.4) is 0 Å². The van der Waals surface area contributed by atoms with Crippen LogP contribution in [0, 0.1) is 0 Å². The quantitative estimate of drug-likeness (QED) is 0.195. The number of carbonyl (C=O) groups excluding carboxylic acids is 3. The number of carbonyl (C=O) groups is 3. The van der Waals surface area contributed by atoms with E-state index in [0.29, 0.717) is 31.4 Å². The Labute approximate surface area is 201 Å². The van der Waals surface area contributed by atoms with Gasteiger partial charge in [-0.1, -0.05) is 24.3 Å². The predicted octanol–water partition coefficient (Wildman–Crippen LogP) is 4.31. The molecule has 0 saturated carbocycles. The minimum Gasteiger partial charge on any atom is -0.423 e. The van der Waals surface area contributed by atoms with Crippen molar-refractivity contribution in [3.05, 3.63) is 98.4 Å². The average Bonchev–Trinajstić information content (AvgIpc) is 2.79. The molecular formula is C23H17Br2N3O4. The number of esters is 1. The lowest BCUT2D eigenvalue weighted by atomic mass is 10.2. The van der Waals surface area contributed by atoms with E-state index in [4.69, 9.17) is 4.74 Å². The van der Waals surface area contributed by atoms with Crippen molar-refractivity contribution in [1.82, 2.24) is 10.7 Å². The Morgan fingerprint density at radius 1 is 0.844 bits per heavy atom. The third-order valence-corrected chi connectivity index (χ3v) is 5.50. The maximum Gasteiger partial charge on any atom is 0.344 e. The number of hydrazone groups is 1. The zero-order chi connectivity index (χ0) is 22.9. The highest BCUT2D eigenvalue weighted by Gasteiger charge is 2.12. The van der Waals surface area contributed by atoms with Gasteiger partial charge in [-0.15, -0.1) is 0 Å². The molecule has 0 spiro atoms. The van der Waals surface area contributed by atoms with Crippen molar-refractivity contribution in [3.63, 3.8) is 0 Å². The van der Waals surface area contributed by atoms with Crippen LogP contribution in [0.25, 0.3) is 0 Å². The molecule has 0 aliphatic carbocycles. The number of hydrogen-bond donors (Lipinski definition) is 2. The molecule has 0 saturated heterocycles. The molecule has 0 unspecified atom stereocenters. The van der Waals surface area contributed by atoms with Gasteiger partial charge >= 0.3 is 5.97 Å². The van der Waals surface area contributed by atoms with Gasteiger partial charge in [-0.3, -0.25) is 9.59 Å². The second kappa shape index (κ2) is 11.4. The van der Waals surface area contributed by atoms with Gasteiger partial charge in [-0.2, -0.15) is 5.10 Å². The summed E-state index contributed by atoms with van der Waals surface area (Å²) in [6.45, 7) is -0.221. The van der Waals surface area contributed by atoms with E-state index >= 15 is 0 Å². The maximum absolute atomic E-state index is 12.2. The van der Waals surface area contributed by atoms with Crippen LogP contribution in [0.2, 0.25) is 0 Å². The minimum atomic E-state index is -0.476. The van der Waals surface area contributed by atoms with E-state index in [-0.39, 0.29) is 12.5 Å². The van der Waals surface area contributed by atoms with E-state index in [0.717, 1.165) is 0 Å². The van der Waals surface area contributed by atoms with Crippen LogP contribution in [0.15, 0.2) is 86.8 Å². The molecule has 0 aliphatic heterocycles. The molecule has 0 aliphatic rings. The van der Waals surface area contributed by atoms with Crippen LogP contribution in [-0.4, -0.2) is 30.5 Å². The van der Waals surface area contributed by atoms with Crippen molar-refractivity contribution >= 4 is 55.9 Å². The Morgan fingerprint density at radius 2 is 1.44 bits per heavy atom. The molecule has 2 amide bonds. The van der Waals surface area contributed by atoms with Crippen LogP contribution >= 0.6 is 31.9 Å². The van der Waals surface area contributed by atoms with Gasteiger partial charge in [-0.05, 0) is 86.0 Å². The highest BCUT2D eigenvalue weighted by molar-refractivity contribution is 9.10. The van der Waals surface area contributed by atoms with Crippen LogP contribution in [-0.2, 0) is 4.79 Å². The molecule has 0 aromatic heterocycles. The summed E-state index contributed by atoms with van der Waals surface area (Å²) in [6, 6.07) is 20.5. The molecule has 0 atom stereocenters. The van der Waals surface area contributed by atoms with E-state index in [1.165, 1.54) is 6.21 Å². The van der Waals surface area contributed by atoms with Gasteiger partial charge in [0.15, 0.2) is 0 Å². The van der Waals surface area contributed by atoms with Gasteiger partial charge in [0.25, 0.3) is 11.8 Å². The molecule has 3 aromatic carbocycles. The lowest BCUT2D eigenvalue weighted by Gasteiger charge is -2.06. The van der Waals surface area contributed by atoms with E-state index in [1.807, 2.05) is 6.07 Å². The summed E-state index contributed by atoms with van der Waals surface area (Å²) in [5.41, 5.74) is 3.88. The van der Waals surface area contributed by atoms with Gasteiger partial charge in [0, 0.05) is 8.95 Å². The normalized spacial score (nSPS) is 10.6. The fourth-order valence-corrected chi connectivity index (χ4v) is 3.44. The molecule has 0 fully saturated rings. The highest BCUT2D eigenvalue weighted by Crippen LogP contribution is 2.19. The van der Waals surface area contributed by atoms with E-state index in [1.54, 1.807) is 66.7 Å². The first kappa shape index (κ1) is 23.4. The molecule has 0 bridgehead atoms. The Morgan fingerprint density at radius 3 is 2.06 bits per heavy atom. The lowest BCUT2D eigenvalue weighted by molar-refractivity contribution is -0.120. The third kappa shape index (κ3) is 6.60. The molecule has 32 heavy (non-hydrogen) atoms. The van der Waals surface area contributed by atoms with E-state index in [2.05, 4.69) is 47.7 Å². The number of nitrogens with zero attached hydrogens (tertiary/aromatic N) is 1. The molecule has 7 nitrogen and oxygen atoms in total. The summed E-state index contributed by atoms with van der Waals surface area (Å²) < 4.78 is 6.64. The topological polar surface area (TPSA) is 96.9 Å². The summed E-state index contributed by atoms with van der Waals surface area (Å²) in [6.07, 6.45) is 1.44. The monoisotopic (exact) mass is 557 g/mol. The minimum absolute atomic E-state index is 0.221. The van der Waals surface area contributed by atoms with Crippen molar-refractivity contribution in [3.8, 4) is 5.75 Å². The van der Waals surface area contributed by atoms with Gasteiger partial charge < -0.3 is 10.1 Å². The third-order valence-electron chi connectivity index (χ3n) is 4.12. The number of rotatable bonds is 7. The SMILES string of the molecule is O=C(CNC(=O)c1ccccc1Br)NN=Cc1ccc(OC(=O)c2ccccc2Br)cc1. The summed E-state index contributed by atoms with van der Waals surface area (Å²) in [5, 5.41) is 6.39. The second-order valence-electron chi connectivity index (χ2n) is 6.39. The van der Waals surface area contributed by atoms with Crippen LogP contribution in [0.1, 0.15) is 26.3 Å². The van der Waals surface area contributed by atoms with Crippen LogP contribution < -0.4 is 15.5 Å². The molecule has 9 heteroatoms. The van der Waals surface area contributed by atoms with Gasteiger partial charge in [0.05, 0.1) is 23.9 Å². The number of nitrogens with one attached hydrogen (secondary N) is 2. The zero-order valence-electron chi connectivity index (χ0n) is 16.5. The van der Waals surface area contributed by atoms with E-state index in [9.17, 15) is 14.4 Å². The number of ether oxygens (including phenoxy) is 1. The average molecular weight is 559 g/mol. The molecule has 3 rings (SSSR count). The second-order valence-corrected chi connectivity index (χ2v) is 8.10. The van der Waals surface area contributed by atoms with Crippen molar-refractivity contribution in [2.45, 2.75) is 0 Å². The fraction of sp³-hybridized carbons (Fsp3) is 0.0435. The first-order valence-corrected chi connectivity index (χ1v) is 10.9. The maximum atomic E-state index is 12.2. The summed E-state index contributed by atoms with van der Waals surface area (Å²) in [5.74, 6) is -0.942. The molecule has 2 N–H and O–H groups in total. The number of hydrogen-bond acceptors (Lipinski definition) is 5. The predicted molar refractivity (Wildman–Crippen MR) is 128 cm³/mol. The summed E-state index contributed by atoms with van der Waals surface area (Å²) in [4.78, 5) is 36.2. The molecular weight excluding hydrogens is 542 g/mol. The molecule has 0 radical (unpaired) electrons. The number of halogens is 2. The first-order chi connectivity index (χ1) is 15.4. The Kier molecular flexibility index (Phi) is 8.29. The van der Waals surface area contributed by atoms with Gasteiger partial charge in [0.2, 0.25) is 0 Å². The highest BCUT2D eigenvalue weighted by atomic mass is 79.9. The van der Waals surface area contributed by atoms with Crippen molar-refractivity contribution in [2.75, 3.05) is 6.54 Å². The largest absolute Gasteiger partial charge is 0.423 e.